The van der Waals surface area contributed by atoms with Gasteiger partial charge in [-0.05, 0) is 60.3 Å². The van der Waals surface area contributed by atoms with Crippen molar-refractivity contribution in [3.8, 4) is 0 Å². The molecule has 0 saturated heterocycles. The van der Waals surface area contributed by atoms with Crippen LogP contribution in [0.1, 0.15) is 54.4 Å². The number of carbonyl (C=O) groups excluding carboxylic acids is 2. The van der Waals surface area contributed by atoms with Crippen molar-refractivity contribution in [1.82, 2.24) is 0 Å². The normalized spacial score (nSPS) is 26.3. The van der Waals surface area contributed by atoms with Crippen LogP contribution in [0.25, 0.3) is 0 Å². The third kappa shape index (κ3) is 5.52. The number of rotatable bonds is 3. The molecule has 1 fully saturated rings. The Bertz CT molecular complexity index is 411. The summed E-state index contributed by atoms with van der Waals surface area (Å²) < 4.78 is 10.9. The number of esters is 2. The van der Waals surface area contributed by atoms with E-state index in [-0.39, 0.29) is 29.7 Å². The van der Waals surface area contributed by atoms with Gasteiger partial charge in [-0.2, -0.15) is 0 Å². The minimum Gasteiger partial charge on any atom is -0.460 e. The Morgan fingerprint density at radius 1 is 0.952 bits per heavy atom. The summed E-state index contributed by atoms with van der Waals surface area (Å²) in [4.78, 5) is 24.4. The fourth-order valence-electron chi connectivity index (χ4n) is 2.56. The molecule has 1 aliphatic rings. The molecule has 0 aromatic rings. The molecule has 3 atom stereocenters. The second-order valence-electron chi connectivity index (χ2n) is 7.74. The van der Waals surface area contributed by atoms with Gasteiger partial charge >= 0.3 is 11.9 Å². The highest BCUT2D eigenvalue weighted by molar-refractivity contribution is 5.78. The third-order valence-electron chi connectivity index (χ3n) is 3.36. The zero-order valence-electron chi connectivity index (χ0n) is 14.1. The molecule has 120 valence electrons. The molecule has 1 aliphatic carbocycles. The van der Waals surface area contributed by atoms with E-state index in [1.165, 1.54) is 0 Å². The van der Waals surface area contributed by atoms with Crippen LogP contribution >= 0.6 is 0 Å². The molecule has 4 heteroatoms. The summed E-state index contributed by atoms with van der Waals surface area (Å²) in [5.74, 6) is -1.08. The Morgan fingerprint density at radius 2 is 1.43 bits per heavy atom. The van der Waals surface area contributed by atoms with Gasteiger partial charge in [0.05, 0.1) is 11.8 Å². The van der Waals surface area contributed by atoms with E-state index in [4.69, 9.17) is 9.47 Å². The Hall–Kier alpha value is -1.32. The standard InChI is InChI=1S/C17H28O4/c1-8-11-9-12(14(18)20-16(2,3)4)10-13(11)15(19)21-17(5,6)7/h8,11-13H,1,9-10H2,2-7H3/t11-,12-,13+/m0/s1. The predicted molar refractivity (Wildman–Crippen MR) is 81.6 cm³/mol. The first-order valence-electron chi connectivity index (χ1n) is 7.51. The second-order valence-corrected chi connectivity index (χ2v) is 7.74. The largest absolute Gasteiger partial charge is 0.460 e. The SMILES string of the molecule is C=C[C@H]1C[C@H](C(=O)OC(C)(C)C)C[C@H]1C(=O)OC(C)(C)C. The summed E-state index contributed by atoms with van der Waals surface area (Å²) in [6, 6.07) is 0. The third-order valence-corrected chi connectivity index (χ3v) is 3.36. The average Bonchev–Trinajstić information content (AvgIpc) is 2.68. The van der Waals surface area contributed by atoms with Gasteiger partial charge in [-0.25, -0.2) is 0 Å². The zero-order valence-corrected chi connectivity index (χ0v) is 14.1. The molecular weight excluding hydrogens is 268 g/mol. The molecule has 1 rings (SSSR count). The van der Waals surface area contributed by atoms with Gasteiger partial charge in [-0.1, -0.05) is 6.08 Å². The molecule has 0 aliphatic heterocycles. The topological polar surface area (TPSA) is 52.6 Å². The van der Waals surface area contributed by atoms with Crippen molar-refractivity contribution in [3.05, 3.63) is 12.7 Å². The smallest absolute Gasteiger partial charge is 0.310 e. The molecule has 0 heterocycles. The number of ether oxygens (including phenoxy) is 2. The van der Waals surface area contributed by atoms with Gasteiger partial charge in [0.15, 0.2) is 0 Å². The van der Waals surface area contributed by atoms with E-state index in [2.05, 4.69) is 6.58 Å². The number of hydrogen-bond acceptors (Lipinski definition) is 4. The summed E-state index contributed by atoms with van der Waals surface area (Å²) in [6.07, 6.45) is 2.82. The van der Waals surface area contributed by atoms with E-state index < -0.39 is 11.2 Å². The summed E-state index contributed by atoms with van der Waals surface area (Å²) in [6.45, 7) is 14.8. The van der Waals surface area contributed by atoms with Crippen LogP contribution in [0.4, 0.5) is 0 Å². The Balaban J connectivity index is 2.74. The molecule has 0 radical (unpaired) electrons. The minimum atomic E-state index is -0.521. The van der Waals surface area contributed by atoms with Crippen LogP contribution in [-0.4, -0.2) is 23.1 Å². The van der Waals surface area contributed by atoms with E-state index in [0.717, 1.165) is 0 Å². The van der Waals surface area contributed by atoms with Crippen molar-refractivity contribution < 1.29 is 19.1 Å². The van der Waals surface area contributed by atoms with Gasteiger partial charge in [0.1, 0.15) is 11.2 Å². The molecule has 0 unspecified atom stereocenters. The fourth-order valence-corrected chi connectivity index (χ4v) is 2.56. The van der Waals surface area contributed by atoms with Crippen LogP contribution < -0.4 is 0 Å². The molecule has 21 heavy (non-hydrogen) atoms. The van der Waals surface area contributed by atoms with Gasteiger partial charge < -0.3 is 9.47 Å². The molecule has 4 nitrogen and oxygen atoms in total. The highest BCUT2D eigenvalue weighted by Gasteiger charge is 2.43. The summed E-state index contributed by atoms with van der Waals surface area (Å²) >= 11 is 0. The Labute approximate surface area is 127 Å². The van der Waals surface area contributed by atoms with E-state index in [0.29, 0.717) is 12.8 Å². The molecule has 0 spiro atoms. The maximum Gasteiger partial charge on any atom is 0.310 e. The predicted octanol–water partition coefficient (Wildman–Crippen LogP) is 3.50. The Morgan fingerprint density at radius 3 is 1.86 bits per heavy atom. The van der Waals surface area contributed by atoms with Crippen molar-refractivity contribution in [3.63, 3.8) is 0 Å². The lowest BCUT2D eigenvalue weighted by atomic mass is 9.96. The number of hydrogen-bond donors (Lipinski definition) is 0. The van der Waals surface area contributed by atoms with Crippen molar-refractivity contribution in [2.24, 2.45) is 17.8 Å². The second kappa shape index (κ2) is 6.20. The molecule has 0 N–H and O–H groups in total. The lowest BCUT2D eigenvalue weighted by Gasteiger charge is -2.24. The van der Waals surface area contributed by atoms with Crippen molar-refractivity contribution >= 4 is 11.9 Å². The molecule has 1 saturated carbocycles. The summed E-state index contributed by atoms with van der Waals surface area (Å²) in [5.41, 5.74) is -1.03. The first-order valence-corrected chi connectivity index (χ1v) is 7.51. The monoisotopic (exact) mass is 296 g/mol. The number of carbonyl (C=O) groups is 2. The van der Waals surface area contributed by atoms with Crippen LogP contribution in [0.5, 0.6) is 0 Å². The van der Waals surface area contributed by atoms with Gasteiger partial charge in [0.2, 0.25) is 0 Å². The van der Waals surface area contributed by atoms with Crippen LogP contribution in [0, 0.1) is 17.8 Å². The number of allylic oxidation sites excluding steroid dienone is 1. The maximum atomic E-state index is 12.3. The molecular formula is C17H28O4. The highest BCUT2D eigenvalue weighted by atomic mass is 16.6. The van der Waals surface area contributed by atoms with Crippen molar-refractivity contribution in [1.29, 1.82) is 0 Å². The summed E-state index contributed by atoms with van der Waals surface area (Å²) in [5, 5.41) is 0. The quantitative estimate of drug-likeness (QED) is 0.591. The first kappa shape index (κ1) is 17.7. The van der Waals surface area contributed by atoms with Gasteiger partial charge in [-0.3, -0.25) is 9.59 Å². The van der Waals surface area contributed by atoms with Crippen LogP contribution in [0.15, 0.2) is 12.7 Å². The van der Waals surface area contributed by atoms with Crippen LogP contribution in [0.3, 0.4) is 0 Å². The molecule has 0 aromatic heterocycles. The van der Waals surface area contributed by atoms with E-state index in [1.807, 2.05) is 41.5 Å². The minimum absolute atomic E-state index is 0.0302. The van der Waals surface area contributed by atoms with E-state index in [9.17, 15) is 9.59 Å². The molecule has 0 aromatic carbocycles. The van der Waals surface area contributed by atoms with Crippen LogP contribution in [-0.2, 0) is 19.1 Å². The average molecular weight is 296 g/mol. The van der Waals surface area contributed by atoms with Gasteiger partial charge in [0.25, 0.3) is 0 Å². The highest BCUT2D eigenvalue weighted by Crippen LogP contribution is 2.39. The molecule has 0 amide bonds. The van der Waals surface area contributed by atoms with Gasteiger partial charge in [0, 0.05) is 0 Å². The van der Waals surface area contributed by atoms with Crippen molar-refractivity contribution in [2.45, 2.75) is 65.6 Å². The molecule has 0 bridgehead atoms. The van der Waals surface area contributed by atoms with E-state index in [1.54, 1.807) is 6.08 Å². The van der Waals surface area contributed by atoms with E-state index >= 15 is 0 Å². The first-order chi connectivity index (χ1) is 9.43. The summed E-state index contributed by atoms with van der Waals surface area (Å²) in [7, 11) is 0. The zero-order chi connectivity index (χ0) is 16.4. The Kier molecular flexibility index (Phi) is 5.24. The van der Waals surface area contributed by atoms with Crippen molar-refractivity contribution in [2.75, 3.05) is 0 Å². The van der Waals surface area contributed by atoms with Gasteiger partial charge in [-0.15, -0.1) is 6.58 Å². The maximum absolute atomic E-state index is 12.3. The lowest BCUT2D eigenvalue weighted by Crippen LogP contribution is -2.30. The lowest BCUT2D eigenvalue weighted by molar-refractivity contribution is -0.161. The van der Waals surface area contributed by atoms with Crippen LogP contribution in [0.2, 0.25) is 0 Å². The fraction of sp³-hybridized carbons (Fsp3) is 0.765.